The molecular formula is C38H46N6O2. The van der Waals surface area contributed by atoms with Gasteiger partial charge in [0.15, 0.2) is 17.2 Å². The van der Waals surface area contributed by atoms with Crippen LogP contribution in [0.15, 0.2) is 36.4 Å². The van der Waals surface area contributed by atoms with Crippen molar-refractivity contribution in [2.45, 2.75) is 86.5 Å². The van der Waals surface area contributed by atoms with Crippen LogP contribution in [0.25, 0.3) is 23.1 Å². The molecule has 4 aromatic rings. The third-order valence-corrected chi connectivity index (χ3v) is 8.27. The van der Waals surface area contributed by atoms with Crippen LogP contribution >= 0.6 is 0 Å². The van der Waals surface area contributed by atoms with Gasteiger partial charge in [0.2, 0.25) is 5.91 Å². The summed E-state index contributed by atoms with van der Waals surface area (Å²) < 4.78 is 7.51. The first-order chi connectivity index (χ1) is 22.1. The lowest BCUT2D eigenvalue weighted by Gasteiger charge is -2.22. The van der Waals surface area contributed by atoms with Gasteiger partial charge in [-0.15, -0.1) is 16.6 Å². The molecule has 0 radical (unpaired) electrons. The SMILES string of the molecule is C#CC#COc1ccc(NC(=O)C(CC)CCCC)cc1-c1nnc2c(=Cc3ccc(N(CC)CC)cc3C)c(C(C)(C)C)nn12. The van der Waals surface area contributed by atoms with E-state index in [1.807, 2.05) is 13.0 Å². The second kappa shape index (κ2) is 15.0. The molecule has 0 saturated carbocycles. The number of anilines is 2. The summed E-state index contributed by atoms with van der Waals surface area (Å²) in [4.78, 5) is 15.5. The minimum Gasteiger partial charge on any atom is -0.406 e. The molecule has 4 rings (SSSR count). The molecule has 1 amide bonds. The van der Waals surface area contributed by atoms with E-state index in [2.05, 4.69) is 111 Å². The number of terminal acetylenes is 1. The molecule has 2 heterocycles. The Bertz CT molecular complexity index is 1840. The van der Waals surface area contributed by atoms with Gasteiger partial charge >= 0.3 is 0 Å². The second-order valence-electron chi connectivity index (χ2n) is 12.5. The Morgan fingerprint density at radius 2 is 1.87 bits per heavy atom. The average Bonchev–Trinajstić information content (AvgIpc) is 3.60. The Balaban J connectivity index is 1.86. The van der Waals surface area contributed by atoms with Gasteiger partial charge in [0.05, 0.1) is 11.3 Å². The molecule has 0 aliphatic carbocycles. The first-order valence-corrected chi connectivity index (χ1v) is 16.3. The fourth-order valence-electron chi connectivity index (χ4n) is 5.62. The summed E-state index contributed by atoms with van der Waals surface area (Å²) in [5.41, 5.74) is 5.92. The van der Waals surface area contributed by atoms with Crippen LogP contribution in [0.1, 0.15) is 91.0 Å². The van der Waals surface area contributed by atoms with E-state index in [1.165, 1.54) is 11.3 Å². The molecule has 2 aromatic heterocycles. The maximum absolute atomic E-state index is 13.2. The number of carbonyl (C=O) groups excluding carboxylic acids is 1. The number of fused-ring (bicyclic) bond motifs is 1. The summed E-state index contributed by atoms with van der Waals surface area (Å²) in [5, 5.41) is 18.3. The standard InChI is InChI=1S/C38H46N6O2/c1-10-15-17-27(12-3)37(45)39-29-19-21-33(46-22-16-11-2)31(25-29)35-40-41-36-32(34(38(7,8)9)42-44(35)36)24-28-18-20-30(23-26(28)6)43(13-4)14-5/h2,18-21,23-25,27H,10,12-15,17H2,1,3-9H3,(H,39,45). The first kappa shape index (κ1) is 34.1. The Morgan fingerprint density at radius 1 is 1.11 bits per heavy atom. The fraction of sp³-hybridized carbons (Fsp3) is 0.421. The van der Waals surface area contributed by atoms with E-state index in [4.69, 9.17) is 16.3 Å². The number of aryl methyl sites for hydroxylation is 1. The van der Waals surface area contributed by atoms with Gasteiger partial charge in [0.25, 0.3) is 0 Å². The summed E-state index contributed by atoms with van der Waals surface area (Å²) in [6, 6.07) is 11.9. The summed E-state index contributed by atoms with van der Waals surface area (Å²) >= 11 is 0. The lowest BCUT2D eigenvalue weighted by atomic mass is 9.90. The maximum Gasteiger partial charge on any atom is 0.227 e. The molecule has 0 spiro atoms. The molecular weight excluding hydrogens is 572 g/mol. The largest absolute Gasteiger partial charge is 0.406 e. The van der Waals surface area contributed by atoms with Crippen LogP contribution < -0.4 is 20.2 Å². The van der Waals surface area contributed by atoms with Crippen LogP contribution in [-0.4, -0.2) is 38.8 Å². The highest BCUT2D eigenvalue weighted by Gasteiger charge is 2.26. The van der Waals surface area contributed by atoms with Crippen molar-refractivity contribution in [3.8, 4) is 41.5 Å². The predicted molar refractivity (Wildman–Crippen MR) is 188 cm³/mol. The summed E-state index contributed by atoms with van der Waals surface area (Å²) in [6.07, 6.45) is 13.7. The summed E-state index contributed by atoms with van der Waals surface area (Å²) in [7, 11) is 0. The number of nitrogens with one attached hydrogen (secondary N) is 1. The van der Waals surface area contributed by atoms with Crippen LogP contribution in [0.2, 0.25) is 0 Å². The van der Waals surface area contributed by atoms with Gasteiger partial charge < -0.3 is 15.0 Å². The number of hydrogen-bond donors (Lipinski definition) is 1. The van der Waals surface area contributed by atoms with Crippen molar-refractivity contribution < 1.29 is 9.53 Å². The Labute approximate surface area is 273 Å². The van der Waals surface area contributed by atoms with Crippen LogP contribution in [-0.2, 0) is 10.2 Å². The van der Waals surface area contributed by atoms with Crippen molar-refractivity contribution in [2.75, 3.05) is 23.3 Å². The number of nitrogens with zero attached hydrogens (tertiary/aromatic N) is 5. The highest BCUT2D eigenvalue weighted by molar-refractivity contribution is 5.93. The highest BCUT2D eigenvalue weighted by Crippen LogP contribution is 2.33. The molecule has 0 saturated heterocycles. The highest BCUT2D eigenvalue weighted by atomic mass is 16.5. The van der Waals surface area contributed by atoms with Crippen LogP contribution in [0.4, 0.5) is 11.4 Å². The van der Waals surface area contributed by atoms with Gasteiger partial charge in [-0.1, -0.05) is 53.5 Å². The number of amides is 1. The van der Waals surface area contributed by atoms with E-state index in [-0.39, 0.29) is 17.2 Å². The average molecular weight is 619 g/mol. The third-order valence-electron chi connectivity index (χ3n) is 8.27. The predicted octanol–water partition coefficient (Wildman–Crippen LogP) is 6.92. The topological polar surface area (TPSA) is 84.6 Å². The zero-order valence-corrected chi connectivity index (χ0v) is 28.5. The monoisotopic (exact) mass is 618 g/mol. The van der Waals surface area contributed by atoms with E-state index in [1.54, 1.807) is 16.6 Å². The van der Waals surface area contributed by atoms with E-state index < -0.39 is 0 Å². The van der Waals surface area contributed by atoms with Gasteiger partial charge in [-0.2, -0.15) is 9.61 Å². The number of benzene rings is 2. The number of hydrogen-bond acceptors (Lipinski definition) is 6. The molecule has 240 valence electrons. The lowest BCUT2D eigenvalue weighted by molar-refractivity contribution is -0.120. The molecule has 0 fully saturated rings. The van der Waals surface area contributed by atoms with Gasteiger partial charge in [-0.25, -0.2) is 0 Å². The fourth-order valence-corrected chi connectivity index (χ4v) is 5.62. The molecule has 1 atom stereocenters. The van der Waals surface area contributed by atoms with E-state index >= 15 is 0 Å². The van der Waals surface area contributed by atoms with E-state index in [0.717, 1.165) is 55.2 Å². The first-order valence-electron chi connectivity index (χ1n) is 16.3. The van der Waals surface area contributed by atoms with Crippen molar-refractivity contribution in [3.63, 3.8) is 0 Å². The van der Waals surface area contributed by atoms with Crippen molar-refractivity contribution in [1.82, 2.24) is 19.8 Å². The van der Waals surface area contributed by atoms with Crippen LogP contribution in [0.3, 0.4) is 0 Å². The second-order valence-corrected chi connectivity index (χ2v) is 12.5. The summed E-state index contributed by atoms with van der Waals surface area (Å²) in [6.45, 7) is 19.0. The van der Waals surface area contributed by atoms with Crippen molar-refractivity contribution in [2.24, 2.45) is 5.92 Å². The number of ether oxygens (including phenoxy) is 1. The van der Waals surface area contributed by atoms with Crippen molar-refractivity contribution in [1.29, 1.82) is 0 Å². The Morgan fingerprint density at radius 3 is 2.50 bits per heavy atom. The smallest absolute Gasteiger partial charge is 0.227 e. The molecule has 1 unspecified atom stereocenters. The quantitative estimate of drug-likeness (QED) is 0.174. The van der Waals surface area contributed by atoms with Crippen molar-refractivity contribution >= 4 is 29.0 Å². The van der Waals surface area contributed by atoms with E-state index in [0.29, 0.717) is 28.5 Å². The number of unbranched alkanes of at least 4 members (excludes halogenated alkanes) is 1. The van der Waals surface area contributed by atoms with Crippen LogP contribution in [0.5, 0.6) is 5.75 Å². The number of rotatable bonds is 12. The number of carbonyl (C=O) groups is 1. The van der Waals surface area contributed by atoms with Gasteiger partial charge in [-0.3, -0.25) is 4.79 Å². The zero-order chi connectivity index (χ0) is 33.4. The molecule has 0 bridgehead atoms. The van der Waals surface area contributed by atoms with Gasteiger partial charge in [0.1, 0.15) is 6.11 Å². The van der Waals surface area contributed by atoms with Crippen molar-refractivity contribution in [3.05, 3.63) is 58.4 Å². The zero-order valence-electron chi connectivity index (χ0n) is 28.5. The molecule has 0 aliphatic rings. The molecule has 46 heavy (non-hydrogen) atoms. The molecule has 8 heteroatoms. The Kier molecular flexibility index (Phi) is 11.1. The Hall–Kier alpha value is -4.82. The third kappa shape index (κ3) is 7.51. The van der Waals surface area contributed by atoms with Gasteiger partial charge in [0, 0.05) is 46.9 Å². The molecule has 1 N–H and O–H groups in total. The molecule has 0 aliphatic heterocycles. The summed E-state index contributed by atoms with van der Waals surface area (Å²) in [5.74, 6) is 5.61. The number of aromatic nitrogens is 4. The van der Waals surface area contributed by atoms with E-state index in [9.17, 15) is 4.79 Å². The normalized spacial score (nSPS) is 12.4. The molecule has 2 aromatic carbocycles. The minimum absolute atomic E-state index is 0.00481. The van der Waals surface area contributed by atoms with Crippen LogP contribution in [0, 0.1) is 37.2 Å². The molecule has 8 nitrogen and oxygen atoms in total. The minimum atomic E-state index is -0.278. The van der Waals surface area contributed by atoms with Gasteiger partial charge in [-0.05, 0) is 87.1 Å². The lowest BCUT2D eigenvalue weighted by Crippen LogP contribution is -2.22. The maximum atomic E-state index is 13.2.